The van der Waals surface area contributed by atoms with Gasteiger partial charge in [-0.25, -0.2) is 4.79 Å². The van der Waals surface area contributed by atoms with Gasteiger partial charge in [0, 0.05) is 27.6 Å². The lowest BCUT2D eigenvalue weighted by Gasteiger charge is -2.12. The van der Waals surface area contributed by atoms with Crippen molar-refractivity contribution in [3.8, 4) is 16.9 Å². The molecule has 1 amide bonds. The van der Waals surface area contributed by atoms with Crippen molar-refractivity contribution in [2.24, 2.45) is 0 Å². The first-order valence-corrected chi connectivity index (χ1v) is 8.87. The summed E-state index contributed by atoms with van der Waals surface area (Å²) in [6.45, 7) is 0. The highest BCUT2D eigenvalue weighted by atomic mass is 35.5. The number of nitrogens with one attached hydrogen (secondary N) is 1. The highest BCUT2D eigenvalue weighted by Crippen LogP contribution is 2.36. The monoisotopic (exact) mass is 387 g/mol. The Labute approximate surface area is 158 Å². The van der Waals surface area contributed by atoms with Crippen LogP contribution in [0, 0.1) is 0 Å². The van der Waals surface area contributed by atoms with E-state index in [4.69, 9.17) is 21.4 Å². The lowest BCUT2D eigenvalue weighted by atomic mass is 10.0. The molecule has 0 unspecified atom stereocenters. The van der Waals surface area contributed by atoms with Crippen LogP contribution in [-0.4, -0.2) is 24.1 Å². The number of anilines is 1. The number of benzene rings is 2. The van der Waals surface area contributed by atoms with Crippen molar-refractivity contribution in [3.63, 3.8) is 0 Å². The summed E-state index contributed by atoms with van der Waals surface area (Å²) in [6, 6.07) is 12.6. The van der Waals surface area contributed by atoms with Gasteiger partial charge < -0.3 is 15.2 Å². The number of halogens is 1. The van der Waals surface area contributed by atoms with Crippen LogP contribution >= 0.6 is 22.9 Å². The van der Waals surface area contributed by atoms with Gasteiger partial charge >= 0.3 is 5.97 Å². The van der Waals surface area contributed by atoms with Crippen LogP contribution in [0.5, 0.6) is 5.75 Å². The van der Waals surface area contributed by atoms with Crippen molar-refractivity contribution in [2.75, 3.05) is 12.4 Å². The summed E-state index contributed by atoms with van der Waals surface area (Å²) >= 11 is 7.54. The summed E-state index contributed by atoms with van der Waals surface area (Å²) < 4.78 is 5.35. The lowest BCUT2D eigenvalue weighted by molar-refractivity contribution is 0.0693. The third kappa shape index (κ3) is 3.56. The number of rotatable bonds is 5. The van der Waals surface area contributed by atoms with E-state index in [1.165, 1.54) is 10.8 Å². The molecule has 0 atom stereocenters. The van der Waals surface area contributed by atoms with E-state index >= 15 is 0 Å². The summed E-state index contributed by atoms with van der Waals surface area (Å²) in [7, 11) is 1.59. The summed E-state index contributed by atoms with van der Waals surface area (Å²) in [5, 5.41) is 15.2. The molecule has 0 aliphatic carbocycles. The van der Waals surface area contributed by atoms with Gasteiger partial charge in [-0.3, -0.25) is 4.79 Å². The zero-order valence-electron chi connectivity index (χ0n) is 13.7. The second-order valence-electron chi connectivity index (χ2n) is 5.35. The summed E-state index contributed by atoms with van der Waals surface area (Å²) in [6.07, 6.45) is 0. The first-order chi connectivity index (χ1) is 12.5. The number of aromatic carboxylic acids is 1. The number of thiophene rings is 1. The minimum Gasteiger partial charge on any atom is -0.496 e. The first kappa shape index (κ1) is 18.0. The molecule has 0 saturated heterocycles. The molecular formula is C19H14ClNO4S. The van der Waals surface area contributed by atoms with E-state index in [1.54, 1.807) is 25.3 Å². The van der Waals surface area contributed by atoms with Crippen molar-refractivity contribution in [1.29, 1.82) is 0 Å². The second-order valence-corrected chi connectivity index (χ2v) is 6.50. The minimum atomic E-state index is -1.14. The van der Waals surface area contributed by atoms with E-state index in [9.17, 15) is 9.59 Å². The van der Waals surface area contributed by atoms with Gasteiger partial charge in [0.1, 0.15) is 5.75 Å². The Morgan fingerprint density at radius 1 is 1.08 bits per heavy atom. The highest BCUT2D eigenvalue weighted by Gasteiger charge is 2.18. The molecule has 3 aromatic rings. The van der Waals surface area contributed by atoms with Gasteiger partial charge in [0.25, 0.3) is 5.91 Å². The summed E-state index contributed by atoms with van der Waals surface area (Å²) in [5.74, 6) is -0.943. The van der Waals surface area contributed by atoms with Crippen molar-refractivity contribution < 1.29 is 19.4 Å². The van der Waals surface area contributed by atoms with Crippen molar-refractivity contribution >= 4 is 40.5 Å². The molecule has 5 nitrogen and oxygen atoms in total. The van der Waals surface area contributed by atoms with Crippen molar-refractivity contribution in [1.82, 2.24) is 0 Å². The molecule has 0 spiro atoms. The van der Waals surface area contributed by atoms with Crippen LogP contribution in [0.1, 0.15) is 20.7 Å². The average molecular weight is 388 g/mol. The van der Waals surface area contributed by atoms with Crippen molar-refractivity contribution in [3.05, 3.63) is 69.4 Å². The zero-order chi connectivity index (χ0) is 18.7. The fourth-order valence-corrected chi connectivity index (χ4v) is 3.60. The highest BCUT2D eigenvalue weighted by molar-refractivity contribution is 7.08. The topological polar surface area (TPSA) is 75.6 Å². The van der Waals surface area contributed by atoms with Gasteiger partial charge in [-0.1, -0.05) is 35.9 Å². The number of para-hydroxylation sites is 1. The third-order valence-corrected chi connectivity index (χ3v) is 4.82. The van der Waals surface area contributed by atoms with Crippen LogP contribution < -0.4 is 10.1 Å². The molecule has 0 bridgehead atoms. The van der Waals surface area contributed by atoms with Crippen LogP contribution in [0.15, 0.2) is 53.2 Å². The molecule has 2 N–H and O–H groups in total. The fourth-order valence-electron chi connectivity index (χ4n) is 2.52. The molecule has 0 saturated carbocycles. The van der Waals surface area contributed by atoms with Crippen LogP contribution in [-0.2, 0) is 0 Å². The fraction of sp³-hybridized carbons (Fsp3) is 0.0526. The number of methoxy groups -OCH3 is 1. The van der Waals surface area contributed by atoms with E-state index in [0.717, 1.165) is 22.5 Å². The molecule has 1 aromatic heterocycles. The number of carbonyl (C=O) groups is 2. The SMILES string of the molecule is COc1ccccc1-c1ccc(NC(=O)c2cscc2C(=O)O)cc1Cl. The minimum absolute atomic E-state index is 0.0239. The van der Waals surface area contributed by atoms with Gasteiger partial charge in [0.15, 0.2) is 0 Å². The maximum atomic E-state index is 12.3. The lowest BCUT2D eigenvalue weighted by Crippen LogP contribution is -2.14. The predicted octanol–water partition coefficient (Wildman–Crippen LogP) is 5.03. The van der Waals surface area contributed by atoms with Crippen molar-refractivity contribution in [2.45, 2.75) is 0 Å². The molecule has 2 aromatic carbocycles. The molecule has 132 valence electrons. The van der Waals surface area contributed by atoms with E-state index < -0.39 is 11.9 Å². The molecule has 1 heterocycles. The molecule has 0 radical (unpaired) electrons. The summed E-state index contributed by atoms with van der Waals surface area (Å²) in [4.78, 5) is 23.5. The quantitative estimate of drug-likeness (QED) is 0.644. The van der Waals surface area contributed by atoms with E-state index in [0.29, 0.717) is 16.5 Å². The predicted molar refractivity (Wildman–Crippen MR) is 103 cm³/mol. The van der Waals surface area contributed by atoms with Gasteiger partial charge in [-0.05, 0) is 18.2 Å². The molecule has 7 heteroatoms. The number of ether oxygens (including phenoxy) is 1. The Kier molecular flexibility index (Phi) is 5.25. The molecule has 0 aliphatic rings. The van der Waals surface area contributed by atoms with Gasteiger partial charge in [-0.2, -0.15) is 11.3 Å². The average Bonchev–Trinajstić information content (AvgIpc) is 3.12. The molecule has 26 heavy (non-hydrogen) atoms. The van der Waals surface area contributed by atoms with E-state index in [-0.39, 0.29) is 11.1 Å². The maximum Gasteiger partial charge on any atom is 0.337 e. The van der Waals surface area contributed by atoms with Crippen LogP contribution in [0.3, 0.4) is 0 Å². The molecule has 0 fully saturated rings. The summed E-state index contributed by atoms with van der Waals surface area (Å²) in [5.41, 5.74) is 2.17. The second kappa shape index (κ2) is 7.59. The smallest absolute Gasteiger partial charge is 0.337 e. The Morgan fingerprint density at radius 3 is 2.50 bits per heavy atom. The molecule has 0 aliphatic heterocycles. The Hall–Kier alpha value is -2.83. The van der Waals surface area contributed by atoms with E-state index in [2.05, 4.69) is 5.32 Å². The number of hydrogen-bond donors (Lipinski definition) is 2. The van der Waals surface area contributed by atoms with Gasteiger partial charge in [-0.15, -0.1) is 0 Å². The Bertz CT molecular complexity index is 983. The van der Waals surface area contributed by atoms with Crippen LogP contribution in [0.4, 0.5) is 5.69 Å². The number of hydrogen-bond acceptors (Lipinski definition) is 4. The molecular weight excluding hydrogens is 374 g/mol. The number of carboxylic acid groups (broad SMARTS) is 1. The third-order valence-electron chi connectivity index (χ3n) is 3.76. The van der Waals surface area contributed by atoms with Gasteiger partial charge in [0.05, 0.1) is 23.3 Å². The standard InChI is InChI=1S/C19H14ClNO4S/c1-25-17-5-3-2-4-13(17)12-7-6-11(8-16(12)20)21-18(22)14-9-26-10-15(14)19(23)24/h2-10H,1H3,(H,21,22)(H,23,24). The van der Waals surface area contributed by atoms with E-state index in [1.807, 2.05) is 24.3 Å². The largest absolute Gasteiger partial charge is 0.496 e. The van der Waals surface area contributed by atoms with Crippen LogP contribution in [0.25, 0.3) is 11.1 Å². The maximum absolute atomic E-state index is 12.3. The Morgan fingerprint density at radius 2 is 1.81 bits per heavy atom. The Balaban J connectivity index is 1.87. The molecule has 3 rings (SSSR count). The first-order valence-electron chi connectivity index (χ1n) is 7.55. The number of amides is 1. The van der Waals surface area contributed by atoms with Gasteiger partial charge in [0.2, 0.25) is 0 Å². The van der Waals surface area contributed by atoms with Crippen LogP contribution in [0.2, 0.25) is 5.02 Å². The number of carbonyl (C=O) groups excluding carboxylic acids is 1. The zero-order valence-corrected chi connectivity index (χ0v) is 15.2. The normalized spacial score (nSPS) is 10.4. The number of carboxylic acids is 1.